The Kier molecular flexibility index (Phi) is 6.00. The highest BCUT2D eigenvalue weighted by molar-refractivity contribution is 5.93. The standard InChI is InChI=1S/C23H30N4O2/c1-17(22(28)24-19-9-5-6-10-19)26-13-15-27(16-14-26)23(29)21-12-11-20(25-21)18-7-3-2-4-8-18/h2-4,7-8,11-12,17,19,25H,5-6,9-10,13-16H2,1H3,(H,24,28). The molecule has 2 aliphatic rings. The second kappa shape index (κ2) is 8.82. The van der Waals surface area contributed by atoms with Gasteiger partial charge in [-0.3, -0.25) is 14.5 Å². The van der Waals surface area contributed by atoms with Crippen LogP contribution in [0.1, 0.15) is 43.1 Å². The van der Waals surface area contributed by atoms with Crippen molar-refractivity contribution in [3.8, 4) is 11.3 Å². The molecule has 0 radical (unpaired) electrons. The molecular weight excluding hydrogens is 364 g/mol. The molecule has 1 atom stereocenters. The van der Waals surface area contributed by atoms with Gasteiger partial charge in [-0.1, -0.05) is 43.2 Å². The number of amides is 2. The molecule has 1 saturated carbocycles. The Morgan fingerprint density at radius 2 is 1.69 bits per heavy atom. The van der Waals surface area contributed by atoms with Gasteiger partial charge < -0.3 is 15.2 Å². The van der Waals surface area contributed by atoms with Crippen LogP contribution in [0.25, 0.3) is 11.3 Å². The van der Waals surface area contributed by atoms with Crippen molar-refractivity contribution in [2.24, 2.45) is 0 Å². The van der Waals surface area contributed by atoms with Crippen molar-refractivity contribution in [3.63, 3.8) is 0 Å². The molecule has 2 amide bonds. The Bertz CT molecular complexity index is 834. The van der Waals surface area contributed by atoms with Gasteiger partial charge in [0.2, 0.25) is 5.91 Å². The summed E-state index contributed by atoms with van der Waals surface area (Å²) in [6.45, 7) is 4.69. The van der Waals surface area contributed by atoms with Gasteiger partial charge in [0.25, 0.3) is 5.91 Å². The number of nitrogens with one attached hydrogen (secondary N) is 2. The maximum Gasteiger partial charge on any atom is 0.270 e. The summed E-state index contributed by atoms with van der Waals surface area (Å²) in [5.41, 5.74) is 2.63. The molecule has 6 nitrogen and oxygen atoms in total. The first kappa shape index (κ1) is 19.7. The Labute approximate surface area is 172 Å². The monoisotopic (exact) mass is 394 g/mol. The van der Waals surface area contributed by atoms with E-state index in [9.17, 15) is 9.59 Å². The van der Waals surface area contributed by atoms with Crippen molar-refractivity contribution in [2.75, 3.05) is 26.2 Å². The fourth-order valence-corrected chi connectivity index (χ4v) is 4.35. The molecule has 6 heteroatoms. The maximum atomic E-state index is 12.9. The van der Waals surface area contributed by atoms with Crippen LogP contribution < -0.4 is 5.32 Å². The van der Waals surface area contributed by atoms with E-state index in [1.54, 1.807) is 0 Å². The summed E-state index contributed by atoms with van der Waals surface area (Å²) in [6.07, 6.45) is 4.62. The lowest BCUT2D eigenvalue weighted by atomic mass is 10.2. The number of H-pyrrole nitrogens is 1. The minimum absolute atomic E-state index is 0.0230. The third-order valence-electron chi connectivity index (χ3n) is 6.23. The zero-order valence-electron chi connectivity index (χ0n) is 17.1. The molecule has 1 aliphatic heterocycles. The van der Waals surface area contributed by atoms with Crippen LogP contribution in [0.4, 0.5) is 0 Å². The molecule has 154 valence electrons. The fourth-order valence-electron chi connectivity index (χ4n) is 4.35. The van der Waals surface area contributed by atoms with E-state index in [1.165, 1.54) is 12.8 Å². The van der Waals surface area contributed by atoms with Gasteiger partial charge >= 0.3 is 0 Å². The second-order valence-corrected chi connectivity index (χ2v) is 8.15. The number of carbonyl (C=O) groups is 2. The van der Waals surface area contributed by atoms with E-state index in [0.717, 1.165) is 37.2 Å². The molecule has 1 aromatic heterocycles. The maximum absolute atomic E-state index is 12.9. The summed E-state index contributed by atoms with van der Waals surface area (Å²) >= 11 is 0. The van der Waals surface area contributed by atoms with E-state index >= 15 is 0 Å². The largest absolute Gasteiger partial charge is 0.352 e. The third kappa shape index (κ3) is 4.53. The van der Waals surface area contributed by atoms with Gasteiger partial charge in [-0.2, -0.15) is 0 Å². The van der Waals surface area contributed by atoms with Crippen molar-refractivity contribution in [1.29, 1.82) is 0 Å². The van der Waals surface area contributed by atoms with E-state index < -0.39 is 0 Å². The molecule has 1 saturated heterocycles. The van der Waals surface area contributed by atoms with Gasteiger partial charge in [0.1, 0.15) is 5.69 Å². The Morgan fingerprint density at radius 3 is 2.38 bits per heavy atom. The van der Waals surface area contributed by atoms with Gasteiger partial charge in [-0.15, -0.1) is 0 Å². The predicted octanol–water partition coefficient (Wildman–Crippen LogP) is 2.89. The second-order valence-electron chi connectivity index (χ2n) is 8.15. The number of aromatic nitrogens is 1. The lowest BCUT2D eigenvalue weighted by Gasteiger charge is -2.37. The Balaban J connectivity index is 1.30. The zero-order valence-corrected chi connectivity index (χ0v) is 17.1. The Hall–Kier alpha value is -2.60. The highest BCUT2D eigenvalue weighted by atomic mass is 16.2. The summed E-state index contributed by atoms with van der Waals surface area (Å²) in [4.78, 5) is 32.7. The van der Waals surface area contributed by atoms with E-state index in [2.05, 4.69) is 15.2 Å². The van der Waals surface area contributed by atoms with Crippen LogP contribution in [0.2, 0.25) is 0 Å². The average Bonchev–Trinajstić information content (AvgIpc) is 3.46. The number of rotatable bonds is 5. The van der Waals surface area contributed by atoms with Crippen LogP contribution in [-0.4, -0.2) is 64.9 Å². The molecule has 2 heterocycles. The van der Waals surface area contributed by atoms with Crippen LogP contribution >= 0.6 is 0 Å². The number of benzene rings is 1. The number of nitrogens with zero attached hydrogens (tertiary/aromatic N) is 2. The van der Waals surface area contributed by atoms with Gasteiger partial charge in [0.05, 0.1) is 6.04 Å². The fraction of sp³-hybridized carbons (Fsp3) is 0.478. The van der Waals surface area contributed by atoms with E-state index in [1.807, 2.05) is 54.3 Å². The highest BCUT2D eigenvalue weighted by Crippen LogP contribution is 2.20. The van der Waals surface area contributed by atoms with Crippen molar-refractivity contribution < 1.29 is 9.59 Å². The number of aromatic amines is 1. The van der Waals surface area contributed by atoms with Crippen molar-refractivity contribution in [3.05, 3.63) is 48.2 Å². The van der Waals surface area contributed by atoms with Crippen LogP contribution in [0, 0.1) is 0 Å². The summed E-state index contributed by atoms with van der Waals surface area (Å²) < 4.78 is 0. The van der Waals surface area contributed by atoms with Crippen LogP contribution in [-0.2, 0) is 4.79 Å². The number of carbonyl (C=O) groups excluding carboxylic acids is 2. The third-order valence-corrected chi connectivity index (χ3v) is 6.23. The molecule has 2 aromatic rings. The number of hydrogen-bond acceptors (Lipinski definition) is 3. The molecule has 1 unspecified atom stereocenters. The first-order valence-electron chi connectivity index (χ1n) is 10.7. The molecule has 0 spiro atoms. The van der Waals surface area contributed by atoms with Gasteiger partial charge in [-0.25, -0.2) is 0 Å². The number of piperazine rings is 1. The van der Waals surface area contributed by atoms with Gasteiger partial charge in [-0.05, 0) is 37.5 Å². The smallest absolute Gasteiger partial charge is 0.270 e. The molecule has 1 aromatic carbocycles. The van der Waals surface area contributed by atoms with E-state index in [0.29, 0.717) is 24.8 Å². The van der Waals surface area contributed by atoms with Crippen LogP contribution in [0.5, 0.6) is 0 Å². The highest BCUT2D eigenvalue weighted by Gasteiger charge is 2.29. The SMILES string of the molecule is CC(C(=O)NC1CCCC1)N1CCN(C(=O)c2ccc(-c3ccccc3)[nH]2)CC1. The summed E-state index contributed by atoms with van der Waals surface area (Å²) in [5.74, 6) is 0.142. The van der Waals surface area contributed by atoms with E-state index in [4.69, 9.17) is 0 Å². The summed E-state index contributed by atoms with van der Waals surface area (Å²) in [5, 5.41) is 3.19. The van der Waals surface area contributed by atoms with Crippen molar-refractivity contribution in [2.45, 2.75) is 44.7 Å². The topological polar surface area (TPSA) is 68.4 Å². The Morgan fingerprint density at radius 1 is 1.00 bits per heavy atom. The quantitative estimate of drug-likeness (QED) is 0.819. The molecular formula is C23H30N4O2. The lowest BCUT2D eigenvalue weighted by Crippen LogP contribution is -2.55. The predicted molar refractivity (Wildman–Crippen MR) is 114 cm³/mol. The zero-order chi connectivity index (χ0) is 20.2. The summed E-state index contributed by atoms with van der Waals surface area (Å²) in [6, 6.07) is 14.0. The van der Waals surface area contributed by atoms with Crippen molar-refractivity contribution >= 4 is 11.8 Å². The minimum Gasteiger partial charge on any atom is -0.352 e. The molecule has 29 heavy (non-hydrogen) atoms. The molecule has 4 rings (SSSR count). The molecule has 2 fully saturated rings. The van der Waals surface area contributed by atoms with Gasteiger partial charge in [0.15, 0.2) is 0 Å². The molecule has 2 N–H and O–H groups in total. The van der Waals surface area contributed by atoms with Crippen LogP contribution in [0.15, 0.2) is 42.5 Å². The van der Waals surface area contributed by atoms with Crippen molar-refractivity contribution in [1.82, 2.24) is 20.1 Å². The first-order valence-corrected chi connectivity index (χ1v) is 10.7. The molecule has 1 aliphatic carbocycles. The van der Waals surface area contributed by atoms with Gasteiger partial charge in [0, 0.05) is 37.9 Å². The number of hydrogen-bond donors (Lipinski definition) is 2. The normalized spacial score (nSPS) is 19.3. The van der Waals surface area contributed by atoms with E-state index in [-0.39, 0.29) is 17.9 Å². The lowest BCUT2D eigenvalue weighted by molar-refractivity contribution is -0.127. The molecule has 0 bridgehead atoms. The minimum atomic E-state index is -0.150. The van der Waals surface area contributed by atoms with Crippen LogP contribution in [0.3, 0.4) is 0 Å². The first-order chi connectivity index (χ1) is 14.1. The summed E-state index contributed by atoms with van der Waals surface area (Å²) in [7, 11) is 0. The average molecular weight is 395 g/mol.